The van der Waals surface area contributed by atoms with Gasteiger partial charge in [-0.3, -0.25) is 4.90 Å². The minimum absolute atomic E-state index is 0.0862. The number of aryl methyl sites for hydroxylation is 2. The van der Waals surface area contributed by atoms with Crippen LogP contribution < -0.4 is 10.4 Å². The van der Waals surface area contributed by atoms with Crippen LogP contribution >= 0.6 is 0 Å². The molecule has 0 saturated carbocycles. The van der Waals surface area contributed by atoms with Crippen molar-refractivity contribution >= 4 is 18.4 Å². The molecule has 1 unspecified atom stereocenters. The van der Waals surface area contributed by atoms with Gasteiger partial charge in [-0.25, -0.2) is 4.98 Å². The van der Waals surface area contributed by atoms with Gasteiger partial charge in [-0.1, -0.05) is 66.7 Å². The Morgan fingerprint density at radius 1 is 0.842 bits per heavy atom. The fraction of sp³-hybridized carbons (Fsp3) is 0.469. The Hall–Kier alpha value is -2.67. The predicted octanol–water partition coefficient (Wildman–Crippen LogP) is 5.29. The maximum Gasteiger partial charge on any atom is 0.496 e. The zero-order chi connectivity index (χ0) is 26.5. The second kappa shape index (κ2) is 9.51. The summed E-state index contributed by atoms with van der Waals surface area (Å²) < 4.78 is 12.9. The van der Waals surface area contributed by atoms with E-state index >= 15 is 0 Å². The Labute approximate surface area is 228 Å². The molecular weight excluding hydrogens is 469 g/mol. The standard InChI is InChI=1S/C32H40BN3O2/c1-24-28(33-37-30(2,3)31(4,5)38-33)20-27-16-17-32(18-19-35(23-32)21-25-12-8-6-9-13-25)36(29(27)34-24)22-26-14-10-7-11-15-26/h6-15,20H,16-19,21-23H2,1-5H3. The third-order valence-electron chi connectivity index (χ3n) is 9.35. The van der Waals surface area contributed by atoms with E-state index in [1.165, 1.54) is 16.7 Å². The summed E-state index contributed by atoms with van der Waals surface area (Å²) in [5.41, 5.74) is 5.44. The minimum Gasteiger partial charge on any atom is -0.399 e. The van der Waals surface area contributed by atoms with E-state index < -0.39 is 0 Å². The van der Waals surface area contributed by atoms with E-state index in [-0.39, 0.29) is 23.9 Å². The van der Waals surface area contributed by atoms with Crippen molar-refractivity contribution in [2.45, 2.75) is 83.7 Å². The molecule has 0 N–H and O–H groups in total. The van der Waals surface area contributed by atoms with Crippen LogP contribution in [0.4, 0.5) is 5.82 Å². The van der Waals surface area contributed by atoms with Crippen molar-refractivity contribution in [2.75, 3.05) is 18.0 Å². The molecule has 2 saturated heterocycles. The van der Waals surface area contributed by atoms with E-state index in [0.29, 0.717) is 0 Å². The lowest BCUT2D eigenvalue weighted by Gasteiger charge is -2.47. The SMILES string of the molecule is Cc1nc2c(cc1B1OC(C)(C)C(C)(C)O1)CCC1(CCN(Cc3ccccc3)C1)N2Cc1ccccc1. The van der Waals surface area contributed by atoms with Crippen molar-refractivity contribution in [3.05, 3.63) is 89.1 Å². The van der Waals surface area contributed by atoms with Crippen LogP contribution in [0, 0.1) is 6.92 Å². The van der Waals surface area contributed by atoms with Crippen LogP contribution in [0.3, 0.4) is 0 Å². The highest BCUT2D eigenvalue weighted by molar-refractivity contribution is 6.62. The van der Waals surface area contributed by atoms with Crippen molar-refractivity contribution in [1.29, 1.82) is 0 Å². The first-order chi connectivity index (χ1) is 18.2. The molecule has 0 aliphatic carbocycles. The van der Waals surface area contributed by atoms with Gasteiger partial charge in [-0.2, -0.15) is 0 Å². The summed E-state index contributed by atoms with van der Waals surface area (Å²) in [5, 5.41) is 0. The molecule has 198 valence electrons. The topological polar surface area (TPSA) is 37.8 Å². The molecule has 4 heterocycles. The van der Waals surface area contributed by atoms with Crippen LogP contribution in [0.15, 0.2) is 66.7 Å². The largest absolute Gasteiger partial charge is 0.496 e. The van der Waals surface area contributed by atoms with Crippen molar-refractivity contribution in [3.8, 4) is 0 Å². The van der Waals surface area contributed by atoms with Crippen LogP contribution in [0.5, 0.6) is 0 Å². The first kappa shape index (κ1) is 25.6. The third kappa shape index (κ3) is 4.57. The molecule has 6 heteroatoms. The molecule has 2 fully saturated rings. The van der Waals surface area contributed by atoms with Gasteiger partial charge in [0.1, 0.15) is 5.82 Å². The van der Waals surface area contributed by atoms with Crippen molar-refractivity contribution in [2.24, 2.45) is 0 Å². The average molecular weight is 510 g/mol. The van der Waals surface area contributed by atoms with E-state index in [1.807, 2.05) is 0 Å². The smallest absolute Gasteiger partial charge is 0.399 e. The van der Waals surface area contributed by atoms with Crippen molar-refractivity contribution in [3.63, 3.8) is 0 Å². The van der Waals surface area contributed by atoms with E-state index in [9.17, 15) is 0 Å². The van der Waals surface area contributed by atoms with E-state index in [4.69, 9.17) is 14.3 Å². The highest BCUT2D eigenvalue weighted by Gasteiger charge is 2.53. The van der Waals surface area contributed by atoms with Crippen molar-refractivity contribution in [1.82, 2.24) is 9.88 Å². The lowest BCUT2D eigenvalue weighted by atomic mass is 9.75. The fourth-order valence-electron chi connectivity index (χ4n) is 6.36. The van der Waals surface area contributed by atoms with E-state index in [2.05, 4.69) is 111 Å². The summed E-state index contributed by atoms with van der Waals surface area (Å²) in [7, 11) is -0.385. The number of likely N-dealkylation sites (tertiary alicyclic amines) is 1. The molecular formula is C32H40BN3O2. The van der Waals surface area contributed by atoms with Crippen LogP contribution in [0.25, 0.3) is 0 Å². The van der Waals surface area contributed by atoms with Gasteiger partial charge in [0.2, 0.25) is 0 Å². The normalized spacial score (nSPS) is 24.2. The highest BCUT2D eigenvalue weighted by atomic mass is 16.7. The molecule has 38 heavy (non-hydrogen) atoms. The summed E-state index contributed by atoms with van der Waals surface area (Å²) in [6.45, 7) is 14.6. The minimum atomic E-state index is -0.385. The van der Waals surface area contributed by atoms with Gasteiger partial charge in [-0.05, 0) is 70.6 Å². The Morgan fingerprint density at radius 3 is 2.08 bits per heavy atom. The Kier molecular flexibility index (Phi) is 6.41. The fourth-order valence-corrected chi connectivity index (χ4v) is 6.36. The number of hydrogen-bond donors (Lipinski definition) is 0. The Balaban J connectivity index is 1.33. The van der Waals surface area contributed by atoms with Crippen LogP contribution in [0.2, 0.25) is 0 Å². The van der Waals surface area contributed by atoms with Crippen LogP contribution in [0.1, 0.15) is 62.9 Å². The van der Waals surface area contributed by atoms with Crippen LogP contribution in [-0.2, 0) is 28.8 Å². The number of pyridine rings is 1. The monoisotopic (exact) mass is 509 g/mol. The molecule has 0 amide bonds. The Bertz CT molecular complexity index is 1280. The Morgan fingerprint density at radius 2 is 1.45 bits per heavy atom. The van der Waals surface area contributed by atoms with Gasteiger partial charge in [0.15, 0.2) is 0 Å². The first-order valence-corrected chi connectivity index (χ1v) is 14.1. The predicted molar refractivity (Wildman–Crippen MR) is 155 cm³/mol. The van der Waals surface area contributed by atoms with Gasteiger partial charge in [0, 0.05) is 37.3 Å². The summed E-state index contributed by atoms with van der Waals surface area (Å²) in [6, 6.07) is 24.0. The highest BCUT2D eigenvalue weighted by Crippen LogP contribution is 2.43. The van der Waals surface area contributed by atoms with Gasteiger partial charge < -0.3 is 14.2 Å². The number of fused-ring (bicyclic) bond motifs is 1. The third-order valence-corrected chi connectivity index (χ3v) is 9.35. The number of nitrogens with zero attached hydrogens (tertiary/aromatic N) is 3. The van der Waals surface area contributed by atoms with Gasteiger partial charge >= 0.3 is 7.12 Å². The molecule has 0 radical (unpaired) electrons. The zero-order valence-electron chi connectivity index (χ0n) is 23.5. The van der Waals surface area contributed by atoms with E-state index in [1.54, 1.807) is 0 Å². The number of benzene rings is 2. The van der Waals surface area contributed by atoms with Gasteiger partial charge in [-0.15, -0.1) is 0 Å². The molecule has 5 nitrogen and oxygen atoms in total. The van der Waals surface area contributed by atoms with Gasteiger partial charge in [0.25, 0.3) is 0 Å². The molecule has 1 atom stereocenters. The second-order valence-corrected chi connectivity index (χ2v) is 12.5. The number of aromatic nitrogens is 1. The summed E-state index contributed by atoms with van der Waals surface area (Å²) >= 11 is 0. The molecule has 0 bridgehead atoms. The molecule has 6 rings (SSSR count). The molecule has 3 aliphatic rings. The quantitative estimate of drug-likeness (QED) is 0.438. The van der Waals surface area contributed by atoms with Crippen LogP contribution in [-0.4, -0.2) is 46.8 Å². The summed E-state index contributed by atoms with van der Waals surface area (Å²) in [4.78, 5) is 10.6. The maximum atomic E-state index is 6.43. The molecule has 2 aromatic carbocycles. The van der Waals surface area contributed by atoms with E-state index in [0.717, 1.165) is 62.4 Å². The zero-order valence-corrected chi connectivity index (χ0v) is 23.5. The lowest BCUT2D eigenvalue weighted by molar-refractivity contribution is 0.00578. The first-order valence-electron chi connectivity index (χ1n) is 14.1. The summed E-state index contributed by atoms with van der Waals surface area (Å²) in [6.07, 6.45) is 3.32. The average Bonchev–Trinajstić information content (AvgIpc) is 3.38. The lowest BCUT2D eigenvalue weighted by Crippen LogP contribution is -2.54. The molecule has 1 aromatic heterocycles. The molecule has 1 spiro atoms. The molecule has 3 aliphatic heterocycles. The number of rotatable bonds is 5. The second-order valence-electron chi connectivity index (χ2n) is 12.5. The summed E-state index contributed by atoms with van der Waals surface area (Å²) in [5.74, 6) is 1.14. The van der Waals surface area contributed by atoms with Crippen molar-refractivity contribution < 1.29 is 9.31 Å². The van der Waals surface area contributed by atoms with Gasteiger partial charge in [0.05, 0.1) is 16.7 Å². The maximum absolute atomic E-state index is 6.43. The number of hydrogen-bond acceptors (Lipinski definition) is 5. The molecule has 3 aromatic rings. The number of anilines is 1.